The van der Waals surface area contributed by atoms with E-state index in [1.54, 1.807) is 48.8 Å². The molecule has 0 aliphatic carbocycles. The smallest absolute Gasteiger partial charge is 0.228 e. The molecular formula is C18H20ClN3O3S. The fourth-order valence-corrected chi connectivity index (χ4v) is 4.83. The summed E-state index contributed by atoms with van der Waals surface area (Å²) >= 11 is 5.93. The fraction of sp³-hybridized carbons (Fsp3) is 0.333. The molecule has 0 spiro atoms. The van der Waals surface area contributed by atoms with Crippen LogP contribution in [0.5, 0.6) is 0 Å². The number of pyridine rings is 1. The molecule has 2 aromatic rings. The molecule has 2 heterocycles. The third-order valence-corrected chi connectivity index (χ3v) is 6.37. The molecule has 138 valence electrons. The van der Waals surface area contributed by atoms with Crippen molar-refractivity contribution < 1.29 is 13.2 Å². The molecule has 0 saturated carbocycles. The van der Waals surface area contributed by atoms with E-state index >= 15 is 0 Å². The largest absolute Gasteiger partial charge is 0.324 e. The number of benzene rings is 1. The topological polar surface area (TPSA) is 79.4 Å². The van der Waals surface area contributed by atoms with E-state index < -0.39 is 10.0 Å². The van der Waals surface area contributed by atoms with Gasteiger partial charge in [0, 0.05) is 24.3 Å². The monoisotopic (exact) mass is 393 g/mol. The lowest BCUT2D eigenvalue weighted by Crippen LogP contribution is -2.44. The Kier molecular flexibility index (Phi) is 5.90. The maximum absolute atomic E-state index is 12.7. The third-order valence-electron chi connectivity index (χ3n) is 4.32. The van der Waals surface area contributed by atoms with Gasteiger partial charge in [0.05, 0.1) is 23.6 Å². The van der Waals surface area contributed by atoms with Gasteiger partial charge in [-0.05, 0) is 42.7 Å². The molecule has 1 aliphatic rings. The summed E-state index contributed by atoms with van der Waals surface area (Å²) in [5.74, 6) is -0.677. The minimum Gasteiger partial charge on any atom is -0.324 e. The lowest BCUT2D eigenvalue weighted by Gasteiger charge is -2.31. The van der Waals surface area contributed by atoms with E-state index in [4.69, 9.17) is 11.6 Å². The number of nitrogens with zero attached hydrogens (tertiary/aromatic N) is 2. The van der Waals surface area contributed by atoms with Gasteiger partial charge in [0.15, 0.2) is 0 Å². The first-order chi connectivity index (χ1) is 12.4. The van der Waals surface area contributed by atoms with Crippen molar-refractivity contribution in [3.05, 3.63) is 59.4 Å². The van der Waals surface area contributed by atoms with Crippen molar-refractivity contribution in [1.82, 2.24) is 9.29 Å². The second-order valence-corrected chi connectivity index (χ2v) is 8.72. The zero-order valence-electron chi connectivity index (χ0n) is 14.1. The number of anilines is 1. The van der Waals surface area contributed by atoms with E-state index in [2.05, 4.69) is 10.3 Å². The Bertz CT molecular complexity index is 874. The first-order valence-corrected chi connectivity index (χ1v) is 10.4. The molecule has 1 atom stereocenters. The van der Waals surface area contributed by atoms with Crippen LogP contribution in [-0.4, -0.2) is 36.7 Å². The van der Waals surface area contributed by atoms with Crippen LogP contribution < -0.4 is 5.32 Å². The van der Waals surface area contributed by atoms with Gasteiger partial charge in [-0.2, -0.15) is 0 Å². The van der Waals surface area contributed by atoms with Crippen LogP contribution in [0.4, 0.5) is 5.69 Å². The summed E-state index contributed by atoms with van der Waals surface area (Å²) in [6.45, 7) is 0.620. The van der Waals surface area contributed by atoms with E-state index in [0.717, 1.165) is 0 Å². The number of aromatic nitrogens is 1. The van der Waals surface area contributed by atoms with E-state index in [9.17, 15) is 13.2 Å². The number of halogens is 1. The first kappa shape index (κ1) is 18.8. The lowest BCUT2D eigenvalue weighted by molar-refractivity contribution is -0.120. The highest BCUT2D eigenvalue weighted by Gasteiger charge is 2.32. The van der Waals surface area contributed by atoms with Crippen LogP contribution in [0.2, 0.25) is 5.02 Å². The number of rotatable bonds is 5. The minimum absolute atomic E-state index is 0.121. The van der Waals surface area contributed by atoms with Crippen molar-refractivity contribution in [2.24, 2.45) is 5.92 Å². The number of piperidine rings is 1. The fourth-order valence-electron chi connectivity index (χ4n) is 3.02. The van der Waals surface area contributed by atoms with Crippen LogP contribution in [0, 0.1) is 5.92 Å². The number of hydrogen-bond donors (Lipinski definition) is 1. The summed E-state index contributed by atoms with van der Waals surface area (Å²) in [7, 11) is -3.51. The number of nitrogens with one attached hydrogen (secondary N) is 1. The van der Waals surface area contributed by atoms with Crippen LogP contribution in [0.1, 0.15) is 18.4 Å². The average molecular weight is 394 g/mol. The molecule has 0 bridgehead atoms. The number of hydrogen-bond acceptors (Lipinski definition) is 4. The quantitative estimate of drug-likeness (QED) is 0.847. The highest BCUT2D eigenvalue weighted by atomic mass is 35.5. The Labute approximate surface area is 158 Å². The highest BCUT2D eigenvalue weighted by molar-refractivity contribution is 7.88. The van der Waals surface area contributed by atoms with Crippen LogP contribution in [0.3, 0.4) is 0 Å². The van der Waals surface area contributed by atoms with E-state index in [0.29, 0.717) is 35.7 Å². The van der Waals surface area contributed by atoms with E-state index in [-0.39, 0.29) is 24.1 Å². The SMILES string of the molecule is O=C(Nc1cccnc1)C1CCCN(S(=O)(=O)Cc2cccc(Cl)c2)C1. The summed E-state index contributed by atoms with van der Waals surface area (Å²) < 4.78 is 26.9. The standard InChI is InChI=1S/C18H20ClN3O3S/c19-16-6-1-4-14(10-16)13-26(24,25)22-9-3-5-15(12-22)18(23)21-17-7-2-8-20-11-17/h1-2,4,6-8,10-11,15H,3,5,9,12-13H2,(H,21,23). The predicted octanol–water partition coefficient (Wildman–Crippen LogP) is 2.92. The van der Waals surface area contributed by atoms with E-state index in [1.807, 2.05) is 0 Å². The second-order valence-electron chi connectivity index (χ2n) is 6.31. The van der Waals surface area contributed by atoms with Gasteiger partial charge >= 0.3 is 0 Å². The molecule has 1 N–H and O–H groups in total. The summed E-state index contributed by atoms with van der Waals surface area (Å²) in [4.78, 5) is 16.4. The normalized spacial score (nSPS) is 18.4. The Morgan fingerprint density at radius 3 is 2.88 bits per heavy atom. The Balaban J connectivity index is 1.66. The Hall–Kier alpha value is -1.96. The molecule has 1 aliphatic heterocycles. The van der Waals surface area contributed by atoms with Crippen LogP contribution in [0.15, 0.2) is 48.8 Å². The van der Waals surface area contributed by atoms with Crippen molar-refractivity contribution in [3.63, 3.8) is 0 Å². The molecule has 1 aromatic heterocycles. The summed E-state index contributed by atoms with van der Waals surface area (Å²) in [6, 6.07) is 10.3. The summed E-state index contributed by atoms with van der Waals surface area (Å²) in [5, 5.41) is 3.31. The molecule has 1 saturated heterocycles. The van der Waals surface area contributed by atoms with Crippen molar-refractivity contribution in [2.75, 3.05) is 18.4 Å². The molecule has 6 nitrogen and oxygen atoms in total. The van der Waals surface area contributed by atoms with Gasteiger partial charge in [0.25, 0.3) is 0 Å². The predicted molar refractivity (Wildman–Crippen MR) is 101 cm³/mol. The highest BCUT2D eigenvalue weighted by Crippen LogP contribution is 2.23. The van der Waals surface area contributed by atoms with Crippen molar-refractivity contribution in [3.8, 4) is 0 Å². The van der Waals surface area contributed by atoms with Crippen LogP contribution >= 0.6 is 11.6 Å². The van der Waals surface area contributed by atoms with Gasteiger partial charge in [-0.3, -0.25) is 9.78 Å². The molecule has 1 fully saturated rings. The molecular weight excluding hydrogens is 374 g/mol. The van der Waals surface area contributed by atoms with Gasteiger partial charge < -0.3 is 5.32 Å². The molecule has 3 rings (SSSR count). The van der Waals surface area contributed by atoms with Gasteiger partial charge in [0.2, 0.25) is 15.9 Å². The second kappa shape index (κ2) is 8.16. The lowest BCUT2D eigenvalue weighted by atomic mass is 9.99. The zero-order chi connectivity index (χ0) is 18.6. The third kappa shape index (κ3) is 4.81. The molecule has 1 aromatic carbocycles. The van der Waals surface area contributed by atoms with Gasteiger partial charge in [-0.25, -0.2) is 12.7 Å². The number of amides is 1. The van der Waals surface area contributed by atoms with Crippen LogP contribution in [0.25, 0.3) is 0 Å². The summed E-state index contributed by atoms with van der Waals surface area (Å²) in [5.41, 5.74) is 1.25. The molecule has 26 heavy (non-hydrogen) atoms. The summed E-state index contributed by atoms with van der Waals surface area (Å²) in [6.07, 6.45) is 4.50. The first-order valence-electron chi connectivity index (χ1n) is 8.37. The molecule has 0 radical (unpaired) electrons. The van der Waals surface area contributed by atoms with E-state index in [1.165, 1.54) is 4.31 Å². The maximum atomic E-state index is 12.7. The van der Waals surface area contributed by atoms with Crippen molar-refractivity contribution >= 4 is 33.2 Å². The zero-order valence-corrected chi connectivity index (χ0v) is 15.7. The maximum Gasteiger partial charge on any atom is 0.228 e. The van der Waals surface area contributed by atoms with Crippen LogP contribution in [-0.2, 0) is 20.6 Å². The van der Waals surface area contributed by atoms with Gasteiger partial charge in [-0.15, -0.1) is 0 Å². The van der Waals surface area contributed by atoms with Gasteiger partial charge in [0.1, 0.15) is 0 Å². The molecule has 8 heteroatoms. The Morgan fingerprint density at radius 2 is 2.15 bits per heavy atom. The van der Waals surface area contributed by atoms with Gasteiger partial charge in [-0.1, -0.05) is 23.7 Å². The molecule has 1 unspecified atom stereocenters. The number of sulfonamides is 1. The number of carbonyl (C=O) groups is 1. The number of carbonyl (C=O) groups excluding carboxylic acids is 1. The molecule has 1 amide bonds. The minimum atomic E-state index is -3.51. The van der Waals surface area contributed by atoms with Crippen molar-refractivity contribution in [2.45, 2.75) is 18.6 Å². The Morgan fingerprint density at radius 1 is 1.31 bits per heavy atom. The average Bonchev–Trinajstić information content (AvgIpc) is 2.62. The van der Waals surface area contributed by atoms with Crippen molar-refractivity contribution in [1.29, 1.82) is 0 Å².